The summed E-state index contributed by atoms with van der Waals surface area (Å²) in [5, 5.41) is 9.90. The first-order valence-electron chi connectivity index (χ1n) is 13.4. The molecule has 0 saturated heterocycles. The zero-order valence-electron chi connectivity index (χ0n) is 23.4. The Morgan fingerprint density at radius 1 is 1.02 bits per heavy atom. The smallest absolute Gasteiger partial charge is 0.338 e. The van der Waals surface area contributed by atoms with E-state index in [1.807, 2.05) is 80.6 Å². The minimum atomic E-state index is -0.612. The molecule has 2 heterocycles. The van der Waals surface area contributed by atoms with Gasteiger partial charge in [-0.05, 0) is 48.7 Å². The summed E-state index contributed by atoms with van der Waals surface area (Å²) in [5.41, 5.74) is 3.68. The Labute approximate surface area is 259 Å². The average Bonchev–Trinajstić information content (AvgIpc) is 3.40. The van der Waals surface area contributed by atoms with Crippen LogP contribution in [0, 0.1) is 0 Å². The maximum Gasteiger partial charge on any atom is 0.338 e. The van der Waals surface area contributed by atoms with Crippen molar-refractivity contribution in [1.29, 1.82) is 0 Å². The average molecular weight is 626 g/mol. The summed E-state index contributed by atoms with van der Waals surface area (Å²) in [6, 6.07) is 20.1. The number of carbonyl (C=O) groups is 1. The van der Waals surface area contributed by atoms with Crippen molar-refractivity contribution in [2.24, 2.45) is 0 Å². The molecule has 0 radical (unpaired) electrons. The molecule has 0 aliphatic carbocycles. The summed E-state index contributed by atoms with van der Waals surface area (Å²) in [7, 11) is 1.58. The molecule has 1 unspecified atom stereocenters. The molecule has 0 spiro atoms. The molecular formula is C31H30Cl2N4O4S. The number of nitrogens with one attached hydrogen (secondary N) is 1. The maximum atomic E-state index is 13.4. The van der Waals surface area contributed by atoms with Crippen molar-refractivity contribution in [3.05, 3.63) is 105 Å². The van der Waals surface area contributed by atoms with Gasteiger partial charge in [-0.15, -0.1) is 5.10 Å². The number of ether oxygens (including phenoxy) is 3. The number of anilines is 1. The molecule has 42 heavy (non-hydrogen) atoms. The largest absolute Gasteiger partial charge is 0.493 e. The Morgan fingerprint density at radius 3 is 2.43 bits per heavy atom. The molecular weight excluding hydrogens is 595 g/mol. The summed E-state index contributed by atoms with van der Waals surface area (Å²) in [6.07, 6.45) is 0.707. The predicted octanol–water partition coefficient (Wildman–Crippen LogP) is 7.71. The Balaban J connectivity index is 1.48. The molecule has 3 aromatic carbocycles. The molecule has 0 bridgehead atoms. The van der Waals surface area contributed by atoms with Gasteiger partial charge in [-0.2, -0.15) is 4.98 Å². The quantitative estimate of drug-likeness (QED) is 0.134. The van der Waals surface area contributed by atoms with Gasteiger partial charge < -0.3 is 19.5 Å². The first-order valence-corrected chi connectivity index (χ1v) is 15.2. The van der Waals surface area contributed by atoms with Crippen LogP contribution in [-0.2, 0) is 21.9 Å². The Morgan fingerprint density at radius 2 is 1.74 bits per heavy atom. The van der Waals surface area contributed by atoms with Crippen LogP contribution in [0.15, 0.2) is 83.2 Å². The maximum absolute atomic E-state index is 13.4. The van der Waals surface area contributed by atoms with Crippen LogP contribution in [0.4, 0.5) is 5.95 Å². The highest BCUT2D eigenvalue weighted by molar-refractivity contribution is 7.98. The highest BCUT2D eigenvalue weighted by atomic mass is 35.5. The number of thioether (sulfide) groups is 1. The SMILES string of the molecule is CCCOC(=O)C1=C(C)Nc2nc(SCc3ccccc3Cl)nn2C1c1ccc(OCc2ccccc2Cl)c(OC)c1. The van der Waals surface area contributed by atoms with E-state index >= 15 is 0 Å². The third-order valence-corrected chi connectivity index (χ3v) is 8.27. The van der Waals surface area contributed by atoms with Gasteiger partial charge in [-0.1, -0.05) is 84.4 Å². The van der Waals surface area contributed by atoms with Crippen molar-refractivity contribution < 1.29 is 19.0 Å². The van der Waals surface area contributed by atoms with Gasteiger partial charge in [0.05, 0.1) is 19.3 Å². The molecule has 5 rings (SSSR count). The number of rotatable bonds is 11. The van der Waals surface area contributed by atoms with Gasteiger partial charge in [0, 0.05) is 27.1 Å². The molecule has 1 atom stereocenters. The third kappa shape index (κ3) is 6.53. The van der Waals surface area contributed by atoms with Gasteiger partial charge >= 0.3 is 5.97 Å². The lowest BCUT2D eigenvalue weighted by molar-refractivity contribution is -0.139. The number of esters is 1. The second-order valence-corrected chi connectivity index (χ2v) is 11.3. The monoisotopic (exact) mass is 624 g/mol. The van der Waals surface area contributed by atoms with Crippen LogP contribution in [0.1, 0.15) is 43.0 Å². The molecule has 218 valence electrons. The van der Waals surface area contributed by atoms with Crippen LogP contribution in [-0.4, -0.2) is 34.5 Å². The van der Waals surface area contributed by atoms with Crippen molar-refractivity contribution in [3.8, 4) is 11.5 Å². The predicted molar refractivity (Wildman–Crippen MR) is 166 cm³/mol. The van der Waals surface area contributed by atoms with Crippen molar-refractivity contribution >= 4 is 46.9 Å². The van der Waals surface area contributed by atoms with Crippen molar-refractivity contribution in [2.75, 3.05) is 19.0 Å². The van der Waals surface area contributed by atoms with Gasteiger partial charge in [-0.3, -0.25) is 0 Å². The number of allylic oxidation sites excluding steroid dienone is 1. The molecule has 1 aliphatic rings. The summed E-state index contributed by atoms with van der Waals surface area (Å²) >= 11 is 14.1. The van der Waals surface area contributed by atoms with Gasteiger partial charge in [0.2, 0.25) is 11.1 Å². The number of hydrogen-bond donors (Lipinski definition) is 1. The van der Waals surface area contributed by atoms with Gasteiger partial charge in [0.25, 0.3) is 0 Å². The van der Waals surface area contributed by atoms with Crippen molar-refractivity contribution in [2.45, 2.75) is 43.8 Å². The number of nitrogens with zero attached hydrogens (tertiary/aromatic N) is 3. The summed E-state index contributed by atoms with van der Waals surface area (Å²) in [4.78, 5) is 18.1. The molecule has 1 aromatic heterocycles. The van der Waals surface area contributed by atoms with Gasteiger partial charge in [-0.25, -0.2) is 9.48 Å². The van der Waals surface area contributed by atoms with Crippen LogP contribution >= 0.6 is 35.0 Å². The first kappa shape index (κ1) is 29.8. The molecule has 0 amide bonds. The Hall–Kier alpha value is -3.66. The Bertz CT molecular complexity index is 1620. The Kier molecular flexibility index (Phi) is 9.62. The summed E-state index contributed by atoms with van der Waals surface area (Å²) < 4.78 is 19.1. The van der Waals surface area contributed by atoms with E-state index in [1.165, 1.54) is 11.8 Å². The van der Waals surface area contributed by atoms with Crippen LogP contribution in [0.5, 0.6) is 11.5 Å². The fraction of sp³-hybridized carbons (Fsp3) is 0.258. The van der Waals surface area contributed by atoms with E-state index in [2.05, 4.69) is 5.32 Å². The number of hydrogen-bond acceptors (Lipinski definition) is 8. The van der Waals surface area contributed by atoms with E-state index in [0.717, 1.165) is 16.7 Å². The van der Waals surface area contributed by atoms with Crippen LogP contribution < -0.4 is 14.8 Å². The fourth-order valence-corrected chi connectivity index (χ4v) is 5.84. The normalized spacial score (nSPS) is 14.3. The van der Waals surface area contributed by atoms with Crippen LogP contribution in [0.3, 0.4) is 0 Å². The number of carbonyl (C=O) groups excluding carboxylic acids is 1. The zero-order chi connectivity index (χ0) is 29.6. The number of aromatic nitrogens is 3. The lowest BCUT2D eigenvalue weighted by Crippen LogP contribution is -2.29. The third-order valence-electron chi connectivity index (χ3n) is 6.65. The topological polar surface area (TPSA) is 87.5 Å². The van der Waals surface area contributed by atoms with Crippen molar-refractivity contribution in [1.82, 2.24) is 14.8 Å². The van der Waals surface area contributed by atoms with E-state index in [0.29, 0.717) is 62.7 Å². The molecule has 11 heteroatoms. The van der Waals surface area contributed by atoms with E-state index in [1.54, 1.807) is 11.8 Å². The number of methoxy groups -OCH3 is 1. The minimum Gasteiger partial charge on any atom is -0.493 e. The lowest BCUT2D eigenvalue weighted by atomic mass is 9.95. The zero-order valence-corrected chi connectivity index (χ0v) is 25.7. The summed E-state index contributed by atoms with van der Waals surface area (Å²) in [5.74, 6) is 1.74. The van der Waals surface area contributed by atoms with E-state index in [-0.39, 0.29) is 6.61 Å². The molecule has 1 N–H and O–H groups in total. The lowest BCUT2D eigenvalue weighted by Gasteiger charge is -2.28. The highest BCUT2D eigenvalue weighted by Crippen LogP contribution is 2.40. The van der Waals surface area contributed by atoms with E-state index in [9.17, 15) is 4.79 Å². The number of fused-ring (bicyclic) bond motifs is 1. The molecule has 4 aromatic rings. The van der Waals surface area contributed by atoms with Crippen molar-refractivity contribution in [3.63, 3.8) is 0 Å². The second kappa shape index (κ2) is 13.5. The molecule has 0 fully saturated rings. The highest BCUT2D eigenvalue weighted by Gasteiger charge is 2.36. The van der Waals surface area contributed by atoms with Crippen LogP contribution in [0.25, 0.3) is 0 Å². The number of benzene rings is 3. The van der Waals surface area contributed by atoms with E-state index in [4.69, 9.17) is 47.5 Å². The summed E-state index contributed by atoms with van der Waals surface area (Å²) in [6.45, 7) is 4.37. The van der Waals surface area contributed by atoms with Gasteiger partial charge in [0.1, 0.15) is 12.6 Å². The molecule has 1 aliphatic heterocycles. The minimum absolute atomic E-state index is 0.273. The first-order chi connectivity index (χ1) is 20.4. The van der Waals surface area contributed by atoms with E-state index < -0.39 is 12.0 Å². The van der Waals surface area contributed by atoms with Crippen LogP contribution in [0.2, 0.25) is 10.0 Å². The van der Waals surface area contributed by atoms with Gasteiger partial charge in [0.15, 0.2) is 11.5 Å². The fourth-order valence-electron chi connectivity index (χ4n) is 4.54. The second-order valence-electron chi connectivity index (χ2n) is 9.54. The standard InChI is InChI=1S/C31H30Cl2N4O4S/c1-4-15-40-29(38)27-19(2)34-30-35-31(42-18-22-10-6-8-12-24(22)33)36-37(30)28(27)20-13-14-25(26(16-20)39-3)41-17-21-9-5-7-11-23(21)32/h5-14,16,28H,4,15,17-18H2,1-3H3,(H,34,35,36). The number of halogens is 2. The molecule has 0 saturated carbocycles. The molecule has 8 nitrogen and oxygen atoms in total.